The second kappa shape index (κ2) is 9.03. The van der Waals surface area contributed by atoms with Crippen molar-refractivity contribution in [3.05, 3.63) is 84.2 Å². The Morgan fingerprint density at radius 2 is 2.03 bits per heavy atom. The van der Waals surface area contributed by atoms with Crippen molar-refractivity contribution in [2.24, 2.45) is 0 Å². The van der Waals surface area contributed by atoms with Crippen LogP contribution in [0.4, 0.5) is 10.2 Å². The van der Waals surface area contributed by atoms with Gasteiger partial charge in [0.15, 0.2) is 0 Å². The number of hydrogen-bond donors (Lipinski definition) is 1. The van der Waals surface area contributed by atoms with Gasteiger partial charge in [0, 0.05) is 36.1 Å². The number of pyridine rings is 1. The van der Waals surface area contributed by atoms with E-state index in [1.54, 1.807) is 35.8 Å². The number of halogens is 1. The fourth-order valence-corrected chi connectivity index (χ4v) is 4.48. The van der Waals surface area contributed by atoms with Gasteiger partial charge in [0.25, 0.3) is 5.91 Å². The van der Waals surface area contributed by atoms with Gasteiger partial charge < -0.3 is 5.32 Å². The third kappa shape index (κ3) is 4.07. The second-order valence-electron chi connectivity index (χ2n) is 8.27. The van der Waals surface area contributed by atoms with Crippen LogP contribution in [0.2, 0.25) is 0 Å². The Labute approximate surface area is 191 Å². The summed E-state index contributed by atoms with van der Waals surface area (Å²) in [6.07, 6.45) is 8.15. The van der Waals surface area contributed by atoms with Gasteiger partial charge in [-0.15, -0.1) is 0 Å². The Morgan fingerprint density at radius 1 is 1.12 bits per heavy atom. The third-order valence-corrected chi connectivity index (χ3v) is 6.12. The minimum Gasteiger partial charge on any atom is -0.315 e. The molecule has 2 aromatic carbocycles. The molecule has 0 aliphatic carbocycles. The normalized spacial score (nSPS) is 16.0. The summed E-state index contributed by atoms with van der Waals surface area (Å²) in [5.41, 5.74) is 2.16. The number of carbonyl (C=O) groups is 1. The van der Waals surface area contributed by atoms with Crippen LogP contribution < -0.4 is 10.2 Å². The summed E-state index contributed by atoms with van der Waals surface area (Å²) >= 11 is 0. The average molecular weight is 442 g/mol. The summed E-state index contributed by atoms with van der Waals surface area (Å²) < 4.78 is 15.3. The fourth-order valence-electron chi connectivity index (χ4n) is 4.48. The zero-order valence-corrected chi connectivity index (χ0v) is 18.3. The first-order chi connectivity index (χ1) is 16.1. The number of piperidine rings is 1. The molecule has 1 saturated heterocycles. The minimum atomic E-state index is -0.589. The number of nitrogens with one attached hydrogen (secondary N) is 1. The molecule has 5 rings (SSSR count). The topological polar surface area (TPSA) is 71.0 Å². The zero-order chi connectivity index (χ0) is 22.8. The lowest BCUT2D eigenvalue weighted by Crippen LogP contribution is -2.49. The summed E-state index contributed by atoms with van der Waals surface area (Å²) in [7, 11) is 0. The maximum Gasteiger partial charge on any atom is 0.262 e. The summed E-state index contributed by atoms with van der Waals surface area (Å²) in [4.78, 5) is 28.4. The van der Waals surface area contributed by atoms with Crippen molar-refractivity contribution >= 4 is 22.5 Å². The molecule has 1 amide bonds. The summed E-state index contributed by atoms with van der Waals surface area (Å²) in [6.45, 7) is 3.54. The van der Waals surface area contributed by atoms with Crippen molar-refractivity contribution in [3.63, 3.8) is 0 Å². The van der Waals surface area contributed by atoms with E-state index in [4.69, 9.17) is 0 Å². The molecule has 6 nitrogen and oxygen atoms in total. The highest BCUT2D eigenvalue weighted by molar-refractivity contribution is 6.11. The fraction of sp³-hybridized carbons (Fsp3) is 0.231. The molecule has 1 N–H and O–H groups in total. The third-order valence-electron chi connectivity index (χ3n) is 6.12. The summed E-state index contributed by atoms with van der Waals surface area (Å²) in [5.74, 6) is -0.411. The van der Waals surface area contributed by atoms with Crippen LogP contribution in [-0.4, -0.2) is 40.0 Å². The smallest absolute Gasteiger partial charge is 0.262 e. The van der Waals surface area contributed by atoms with Crippen molar-refractivity contribution in [1.82, 2.24) is 20.3 Å². The van der Waals surface area contributed by atoms with E-state index in [1.807, 2.05) is 31.2 Å². The van der Waals surface area contributed by atoms with Crippen LogP contribution in [0.25, 0.3) is 22.0 Å². The van der Waals surface area contributed by atoms with Crippen LogP contribution in [0.5, 0.6) is 0 Å². The predicted octanol–water partition coefficient (Wildman–Crippen LogP) is 4.54. The minimum absolute atomic E-state index is 0.0144. The van der Waals surface area contributed by atoms with Crippen molar-refractivity contribution in [1.29, 1.82) is 0 Å². The van der Waals surface area contributed by atoms with Crippen molar-refractivity contribution in [2.75, 3.05) is 18.0 Å². The standard InChI is InChI=1S/C26H24FN5O/c1-17-4-2-5-18-9-11-31-25(24(17)18)32(20-6-3-10-28-15-20)26(33)21-8-7-19(14-22(21)27)23-16-29-12-13-30-23/h2,4-5,7-9,11-14,16,20,28H,3,6,10,15H2,1H3. The molecule has 4 aromatic rings. The molecule has 0 spiro atoms. The van der Waals surface area contributed by atoms with Crippen LogP contribution in [0.1, 0.15) is 28.8 Å². The molecule has 0 saturated carbocycles. The van der Waals surface area contributed by atoms with E-state index in [0.29, 0.717) is 23.6 Å². The zero-order valence-electron chi connectivity index (χ0n) is 18.3. The molecule has 166 valence electrons. The number of rotatable bonds is 4. The van der Waals surface area contributed by atoms with E-state index >= 15 is 4.39 Å². The maximum atomic E-state index is 15.3. The molecule has 0 bridgehead atoms. The molecule has 3 heterocycles. The summed E-state index contributed by atoms with van der Waals surface area (Å²) in [6, 6.07) is 12.4. The quantitative estimate of drug-likeness (QED) is 0.504. The first kappa shape index (κ1) is 21.2. The monoisotopic (exact) mass is 441 g/mol. The number of aromatic nitrogens is 3. The number of benzene rings is 2. The van der Waals surface area contributed by atoms with Crippen molar-refractivity contribution < 1.29 is 9.18 Å². The molecule has 1 unspecified atom stereocenters. The molecule has 7 heteroatoms. The Hall–Kier alpha value is -3.71. The number of carbonyl (C=O) groups excluding carboxylic acids is 1. The largest absolute Gasteiger partial charge is 0.315 e. The average Bonchev–Trinajstić information content (AvgIpc) is 2.85. The lowest BCUT2D eigenvalue weighted by molar-refractivity contribution is 0.0968. The molecule has 33 heavy (non-hydrogen) atoms. The van der Waals surface area contributed by atoms with Gasteiger partial charge in [0.05, 0.1) is 23.5 Å². The molecule has 1 aliphatic rings. The maximum absolute atomic E-state index is 15.3. The van der Waals surface area contributed by atoms with Gasteiger partial charge in [0.1, 0.15) is 11.6 Å². The van der Waals surface area contributed by atoms with Crippen molar-refractivity contribution in [2.45, 2.75) is 25.8 Å². The summed E-state index contributed by atoms with van der Waals surface area (Å²) in [5, 5.41) is 5.28. The highest BCUT2D eigenvalue weighted by Crippen LogP contribution is 2.32. The Kier molecular flexibility index (Phi) is 5.79. The number of amides is 1. The number of hydrogen-bond acceptors (Lipinski definition) is 5. The van der Waals surface area contributed by atoms with Crippen LogP contribution in [0.15, 0.2) is 67.3 Å². The number of fused-ring (bicyclic) bond motifs is 1. The van der Waals surface area contributed by atoms with E-state index in [0.717, 1.165) is 35.7 Å². The van der Waals surface area contributed by atoms with E-state index in [9.17, 15) is 4.79 Å². The molecule has 1 aliphatic heterocycles. The molecule has 1 atom stereocenters. The lowest BCUT2D eigenvalue weighted by Gasteiger charge is -2.35. The van der Waals surface area contributed by atoms with E-state index in [-0.39, 0.29) is 11.6 Å². The molecule has 2 aromatic heterocycles. The van der Waals surface area contributed by atoms with Gasteiger partial charge in [0.2, 0.25) is 0 Å². The molecular formula is C26H24FN5O. The predicted molar refractivity (Wildman–Crippen MR) is 127 cm³/mol. The van der Waals surface area contributed by atoms with Gasteiger partial charge in [-0.2, -0.15) is 0 Å². The number of aryl methyl sites for hydroxylation is 1. The van der Waals surface area contributed by atoms with Gasteiger partial charge in [-0.05, 0) is 55.5 Å². The highest BCUT2D eigenvalue weighted by atomic mass is 19.1. The molecular weight excluding hydrogens is 417 g/mol. The molecule has 1 fully saturated rings. The van der Waals surface area contributed by atoms with Crippen LogP contribution >= 0.6 is 0 Å². The van der Waals surface area contributed by atoms with Gasteiger partial charge in [-0.25, -0.2) is 9.37 Å². The van der Waals surface area contributed by atoms with Gasteiger partial charge >= 0.3 is 0 Å². The number of nitrogens with zero attached hydrogens (tertiary/aromatic N) is 4. The van der Waals surface area contributed by atoms with Crippen molar-refractivity contribution in [3.8, 4) is 11.3 Å². The highest BCUT2D eigenvalue weighted by Gasteiger charge is 2.31. The van der Waals surface area contributed by atoms with Crippen LogP contribution in [-0.2, 0) is 0 Å². The van der Waals surface area contributed by atoms with E-state index in [2.05, 4.69) is 20.3 Å². The van der Waals surface area contributed by atoms with Gasteiger partial charge in [-0.3, -0.25) is 19.7 Å². The SMILES string of the molecule is Cc1cccc2ccnc(N(C(=O)c3ccc(-c4cnccn4)cc3F)C3CCCNC3)c12. The van der Waals surface area contributed by atoms with Gasteiger partial charge in [-0.1, -0.05) is 24.3 Å². The Balaban J connectivity index is 1.61. The van der Waals surface area contributed by atoms with E-state index < -0.39 is 11.7 Å². The van der Waals surface area contributed by atoms with E-state index in [1.165, 1.54) is 12.1 Å². The first-order valence-electron chi connectivity index (χ1n) is 11.1. The number of anilines is 1. The lowest BCUT2D eigenvalue weighted by atomic mass is 10.0. The first-order valence-corrected chi connectivity index (χ1v) is 11.1. The Bertz CT molecular complexity index is 1300. The Morgan fingerprint density at radius 3 is 2.79 bits per heavy atom. The molecule has 0 radical (unpaired) electrons. The second-order valence-corrected chi connectivity index (χ2v) is 8.27. The van der Waals surface area contributed by atoms with Crippen LogP contribution in [0.3, 0.4) is 0 Å². The van der Waals surface area contributed by atoms with Crippen LogP contribution in [0, 0.1) is 12.7 Å².